The van der Waals surface area contributed by atoms with E-state index in [1.165, 1.54) is 22.8 Å². The predicted molar refractivity (Wildman–Crippen MR) is 70.8 cm³/mol. The topological polar surface area (TPSA) is 97.5 Å². The van der Waals surface area contributed by atoms with Gasteiger partial charge in [0.05, 0.1) is 11.8 Å². The van der Waals surface area contributed by atoms with Crippen molar-refractivity contribution in [1.29, 1.82) is 0 Å². The molecule has 7 nitrogen and oxygen atoms in total. The van der Waals surface area contributed by atoms with Crippen LogP contribution in [0.4, 0.5) is 5.69 Å². The van der Waals surface area contributed by atoms with Gasteiger partial charge in [0.25, 0.3) is 0 Å². The zero-order chi connectivity index (χ0) is 13.9. The molecule has 3 N–H and O–H groups in total. The Hall–Kier alpha value is -1.22. The van der Waals surface area contributed by atoms with Gasteiger partial charge in [-0.1, -0.05) is 0 Å². The number of hydrazine groups is 1. The molecular weight excluding hydrogens is 268 g/mol. The summed E-state index contributed by atoms with van der Waals surface area (Å²) in [5, 5.41) is 0. The number of nitrogen functional groups attached to an aromatic ring is 1. The first kappa shape index (κ1) is 14.2. The Kier molecular flexibility index (Phi) is 4.35. The largest absolute Gasteiger partial charge is 0.381 e. The number of nitrogens with one attached hydrogen (secondary N) is 1. The molecule has 0 unspecified atom stereocenters. The van der Waals surface area contributed by atoms with Crippen molar-refractivity contribution in [2.75, 3.05) is 25.6 Å². The third kappa shape index (κ3) is 2.86. The van der Waals surface area contributed by atoms with E-state index in [9.17, 15) is 8.42 Å². The minimum absolute atomic E-state index is 0.105. The fraction of sp³-hybridized carbons (Fsp3) is 0.545. The highest BCUT2D eigenvalue weighted by Crippen LogP contribution is 2.25. The number of rotatable bonds is 4. The zero-order valence-electron chi connectivity index (χ0n) is 10.7. The molecule has 1 aliphatic rings. The maximum Gasteiger partial charge on any atom is 0.246 e. The SMILES string of the molecule is COC1CCN(S(=O)(=O)c2cnccc2NN)CC1. The lowest BCUT2D eigenvalue weighted by atomic mass is 10.1. The van der Waals surface area contributed by atoms with Crippen LogP contribution < -0.4 is 11.3 Å². The Bertz CT molecular complexity index is 526. The van der Waals surface area contributed by atoms with Gasteiger partial charge in [0.15, 0.2) is 0 Å². The molecule has 0 amide bonds. The van der Waals surface area contributed by atoms with Crippen molar-refractivity contribution in [3.63, 3.8) is 0 Å². The van der Waals surface area contributed by atoms with Gasteiger partial charge < -0.3 is 10.2 Å². The van der Waals surface area contributed by atoms with Crippen LogP contribution in [0.25, 0.3) is 0 Å². The van der Waals surface area contributed by atoms with E-state index in [-0.39, 0.29) is 11.0 Å². The maximum absolute atomic E-state index is 12.5. The third-order valence-electron chi connectivity index (χ3n) is 3.29. The molecule has 1 aromatic heterocycles. The Morgan fingerprint density at radius 1 is 1.47 bits per heavy atom. The second-order valence-electron chi connectivity index (χ2n) is 4.36. The monoisotopic (exact) mass is 286 g/mol. The molecule has 0 atom stereocenters. The molecule has 19 heavy (non-hydrogen) atoms. The number of nitrogens with two attached hydrogens (primary N) is 1. The van der Waals surface area contributed by atoms with Crippen molar-refractivity contribution < 1.29 is 13.2 Å². The lowest BCUT2D eigenvalue weighted by Crippen LogP contribution is -2.40. The standard InChI is InChI=1S/C11H18N4O3S/c1-18-9-3-6-15(7-4-9)19(16,17)11-8-13-5-2-10(11)14-12/h2,5,8-9H,3-4,6-7,12H2,1H3,(H,13,14). The molecule has 0 saturated carbocycles. The molecular formula is C11H18N4O3S. The van der Waals surface area contributed by atoms with Gasteiger partial charge in [-0.2, -0.15) is 4.31 Å². The number of hydrogen-bond acceptors (Lipinski definition) is 6. The summed E-state index contributed by atoms with van der Waals surface area (Å²) in [6.45, 7) is 0.888. The fourth-order valence-electron chi connectivity index (χ4n) is 2.15. The number of piperidine rings is 1. The summed E-state index contributed by atoms with van der Waals surface area (Å²) < 4.78 is 31.7. The van der Waals surface area contributed by atoms with Crippen LogP contribution in [0, 0.1) is 0 Å². The van der Waals surface area contributed by atoms with Crippen molar-refractivity contribution >= 4 is 15.7 Å². The van der Waals surface area contributed by atoms with Crippen LogP contribution in [0.3, 0.4) is 0 Å². The molecule has 0 radical (unpaired) electrons. The average molecular weight is 286 g/mol. The van der Waals surface area contributed by atoms with E-state index in [2.05, 4.69) is 10.4 Å². The number of sulfonamides is 1. The number of hydrogen-bond donors (Lipinski definition) is 2. The van der Waals surface area contributed by atoms with Crippen molar-refractivity contribution in [3.05, 3.63) is 18.5 Å². The van der Waals surface area contributed by atoms with E-state index in [1.54, 1.807) is 7.11 Å². The summed E-state index contributed by atoms with van der Waals surface area (Å²) in [4.78, 5) is 3.96. The predicted octanol–water partition coefficient (Wildman–Crippen LogP) is 0.167. The summed E-state index contributed by atoms with van der Waals surface area (Å²) in [6, 6.07) is 1.54. The van der Waals surface area contributed by atoms with Crippen LogP contribution in [-0.4, -0.2) is 44.0 Å². The van der Waals surface area contributed by atoms with Crippen molar-refractivity contribution in [2.24, 2.45) is 5.84 Å². The second kappa shape index (κ2) is 5.83. The van der Waals surface area contributed by atoms with Crippen LogP contribution in [0.2, 0.25) is 0 Å². The van der Waals surface area contributed by atoms with Crippen molar-refractivity contribution in [2.45, 2.75) is 23.8 Å². The van der Waals surface area contributed by atoms with E-state index < -0.39 is 10.0 Å². The molecule has 2 rings (SSSR count). The summed E-state index contributed by atoms with van der Waals surface area (Å²) in [5.41, 5.74) is 2.74. The molecule has 0 bridgehead atoms. The van der Waals surface area contributed by atoms with Gasteiger partial charge in [0.1, 0.15) is 4.90 Å². The molecule has 0 aliphatic carbocycles. The zero-order valence-corrected chi connectivity index (χ0v) is 11.6. The van der Waals surface area contributed by atoms with Gasteiger partial charge in [0, 0.05) is 32.6 Å². The van der Waals surface area contributed by atoms with Gasteiger partial charge >= 0.3 is 0 Å². The molecule has 1 aliphatic heterocycles. The van der Waals surface area contributed by atoms with Crippen LogP contribution in [0.15, 0.2) is 23.4 Å². The maximum atomic E-state index is 12.5. The normalized spacial score (nSPS) is 18.4. The highest BCUT2D eigenvalue weighted by atomic mass is 32.2. The molecule has 106 valence electrons. The van der Waals surface area contributed by atoms with Gasteiger partial charge in [-0.25, -0.2) is 8.42 Å². The van der Waals surface area contributed by atoms with Gasteiger partial charge in [-0.05, 0) is 18.9 Å². The lowest BCUT2D eigenvalue weighted by molar-refractivity contribution is 0.0604. The van der Waals surface area contributed by atoms with Crippen LogP contribution >= 0.6 is 0 Å². The minimum Gasteiger partial charge on any atom is -0.381 e. The highest BCUT2D eigenvalue weighted by Gasteiger charge is 2.31. The van der Waals surface area contributed by atoms with E-state index in [4.69, 9.17) is 10.6 Å². The fourth-order valence-corrected chi connectivity index (χ4v) is 3.72. The third-order valence-corrected chi connectivity index (χ3v) is 5.22. The van der Waals surface area contributed by atoms with Crippen LogP contribution in [0.5, 0.6) is 0 Å². The van der Waals surface area contributed by atoms with Gasteiger partial charge in [0.2, 0.25) is 10.0 Å². The molecule has 0 aromatic carbocycles. The molecule has 1 saturated heterocycles. The Labute approximate surface area is 112 Å². The van der Waals surface area contributed by atoms with Gasteiger partial charge in [-0.15, -0.1) is 0 Å². The molecule has 2 heterocycles. The summed E-state index contributed by atoms with van der Waals surface area (Å²) in [7, 11) is -1.92. The van der Waals surface area contributed by atoms with Crippen LogP contribution in [0.1, 0.15) is 12.8 Å². The molecule has 8 heteroatoms. The van der Waals surface area contributed by atoms with Gasteiger partial charge in [-0.3, -0.25) is 10.8 Å². The molecule has 1 aromatic rings. The first-order valence-corrected chi connectivity index (χ1v) is 7.47. The molecule has 0 spiro atoms. The Morgan fingerprint density at radius 2 is 2.16 bits per heavy atom. The number of methoxy groups -OCH3 is 1. The van der Waals surface area contributed by atoms with E-state index >= 15 is 0 Å². The van der Waals surface area contributed by atoms with E-state index in [0.717, 1.165) is 0 Å². The number of nitrogens with zero attached hydrogens (tertiary/aromatic N) is 2. The summed E-state index contributed by atoms with van der Waals surface area (Å²) >= 11 is 0. The lowest BCUT2D eigenvalue weighted by Gasteiger charge is -2.30. The highest BCUT2D eigenvalue weighted by molar-refractivity contribution is 7.89. The van der Waals surface area contributed by atoms with E-state index in [1.807, 2.05) is 0 Å². The van der Waals surface area contributed by atoms with Crippen LogP contribution in [-0.2, 0) is 14.8 Å². The number of ether oxygens (including phenoxy) is 1. The Morgan fingerprint density at radius 3 is 2.74 bits per heavy atom. The first-order valence-electron chi connectivity index (χ1n) is 6.03. The summed E-state index contributed by atoms with van der Waals surface area (Å²) in [5.74, 6) is 5.34. The number of anilines is 1. The number of pyridine rings is 1. The minimum atomic E-state index is -3.56. The van der Waals surface area contributed by atoms with Crippen molar-refractivity contribution in [3.8, 4) is 0 Å². The molecule has 1 fully saturated rings. The quantitative estimate of drug-likeness (QED) is 0.605. The second-order valence-corrected chi connectivity index (χ2v) is 6.26. The summed E-state index contributed by atoms with van der Waals surface area (Å²) in [6.07, 6.45) is 4.33. The first-order chi connectivity index (χ1) is 9.09. The van der Waals surface area contributed by atoms with E-state index in [0.29, 0.717) is 31.6 Å². The smallest absolute Gasteiger partial charge is 0.246 e. The average Bonchev–Trinajstić information content (AvgIpc) is 2.47. The number of aromatic nitrogens is 1. The Balaban J connectivity index is 2.23. The van der Waals surface area contributed by atoms with Crippen molar-refractivity contribution in [1.82, 2.24) is 9.29 Å².